The van der Waals surface area contributed by atoms with Crippen molar-refractivity contribution in [3.63, 3.8) is 0 Å². The van der Waals surface area contributed by atoms with Crippen LogP contribution < -0.4 is 5.32 Å². The van der Waals surface area contributed by atoms with E-state index in [1.807, 2.05) is 6.20 Å². The zero-order valence-corrected chi connectivity index (χ0v) is 16.5. The van der Waals surface area contributed by atoms with Gasteiger partial charge in [-0.1, -0.05) is 23.3 Å². The number of hydrogen-bond acceptors (Lipinski definition) is 2. The minimum absolute atomic E-state index is 1.08. The van der Waals surface area contributed by atoms with Gasteiger partial charge in [-0.2, -0.15) is 0 Å². The molecule has 2 aliphatic rings. The lowest BCUT2D eigenvalue weighted by Gasteiger charge is -2.23. The molecule has 1 aromatic heterocycles. The molecule has 1 aliphatic heterocycles. The van der Waals surface area contributed by atoms with Gasteiger partial charge in [-0.15, -0.1) is 0 Å². The normalized spacial score (nSPS) is 17.3. The van der Waals surface area contributed by atoms with Crippen molar-refractivity contribution < 1.29 is 0 Å². The number of halogens is 1. The Hall–Kier alpha value is -1.20. The molecule has 2 nitrogen and oxygen atoms in total. The summed E-state index contributed by atoms with van der Waals surface area (Å²) in [4.78, 5) is 4.91. The molecule has 3 heteroatoms. The topological polar surface area (TPSA) is 24.9 Å². The SMILES string of the molecule is Cc1cc(C)c2c(c1)CCc1cc(I)cnc1C2=C1CCNCC1. The molecule has 1 saturated heterocycles. The Morgan fingerprint density at radius 1 is 0.958 bits per heavy atom. The maximum absolute atomic E-state index is 4.91. The van der Waals surface area contributed by atoms with E-state index in [0.717, 1.165) is 38.8 Å². The molecule has 1 aliphatic carbocycles. The highest BCUT2D eigenvalue weighted by Crippen LogP contribution is 2.39. The summed E-state index contributed by atoms with van der Waals surface area (Å²) >= 11 is 2.38. The molecule has 24 heavy (non-hydrogen) atoms. The Balaban J connectivity index is 2.02. The molecular weight excluding hydrogens is 407 g/mol. The van der Waals surface area contributed by atoms with Gasteiger partial charge in [0.25, 0.3) is 0 Å². The monoisotopic (exact) mass is 430 g/mol. The fraction of sp³-hybridized carbons (Fsp3) is 0.381. The van der Waals surface area contributed by atoms with Gasteiger partial charge in [0.15, 0.2) is 0 Å². The summed E-state index contributed by atoms with van der Waals surface area (Å²) in [6, 6.07) is 7.05. The lowest BCUT2D eigenvalue weighted by atomic mass is 9.86. The molecule has 1 aromatic carbocycles. The molecule has 0 atom stereocenters. The highest BCUT2D eigenvalue weighted by atomic mass is 127. The minimum Gasteiger partial charge on any atom is -0.316 e. The van der Waals surface area contributed by atoms with Crippen molar-refractivity contribution in [1.82, 2.24) is 10.3 Å². The van der Waals surface area contributed by atoms with E-state index in [4.69, 9.17) is 4.98 Å². The van der Waals surface area contributed by atoms with Crippen LogP contribution in [-0.2, 0) is 12.8 Å². The molecule has 124 valence electrons. The van der Waals surface area contributed by atoms with Crippen LogP contribution in [0.15, 0.2) is 30.0 Å². The van der Waals surface area contributed by atoms with E-state index in [1.165, 1.54) is 42.7 Å². The van der Waals surface area contributed by atoms with E-state index >= 15 is 0 Å². The average molecular weight is 430 g/mol. The van der Waals surface area contributed by atoms with E-state index in [1.54, 1.807) is 5.57 Å². The number of hydrogen-bond donors (Lipinski definition) is 1. The Kier molecular flexibility index (Phi) is 4.48. The van der Waals surface area contributed by atoms with Gasteiger partial charge in [-0.05, 0) is 104 Å². The summed E-state index contributed by atoms with van der Waals surface area (Å²) in [6.07, 6.45) is 6.49. The van der Waals surface area contributed by atoms with E-state index < -0.39 is 0 Å². The first kappa shape index (κ1) is 16.3. The standard InChI is InChI=1S/C21H23IN2/c1-13-9-14(2)19-16(10-13)3-4-17-11-18(22)12-24-21(17)20(19)15-5-7-23-8-6-15/h9-12,23H,3-8H2,1-2H3. The quantitative estimate of drug-likeness (QED) is 0.619. The lowest BCUT2D eigenvalue weighted by Crippen LogP contribution is -2.24. The first-order valence-electron chi connectivity index (χ1n) is 8.81. The summed E-state index contributed by atoms with van der Waals surface area (Å²) in [6.45, 7) is 6.65. The van der Waals surface area contributed by atoms with Gasteiger partial charge in [0.1, 0.15) is 0 Å². The van der Waals surface area contributed by atoms with E-state index in [2.05, 4.69) is 60.0 Å². The second-order valence-corrected chi connectivity index (χ2v) is 8.25. The van der Waals surface area contributed by atoms with Crippen LogP contribution in [-0.4, -0.2) is 18.1 Å². The fourth-order valence-electron chi connectivity index (χ4n) is 4.22. The van der Waals surface area contributed by atoms with E-state index in [0.29, 0.717) is 0 Å². The number of nitrogens with zero attached hydrogens (tertiary/aromatic N) is 1. The zero-order chi connectivity index (χ0) is 16.7. The molecule has 0 spiro atoms. The Bertz CT molecular complexity index is 828. The molecule has 1 fully saturated rings. The van der Waals surface area contributed by atoms with Crippen molar-refractivity contribution in [3.05, 3.63) is 67.1 Å². The van der Waals surface area contributed by atoms with Gasteiger partial charge in [0.05, 0.1) is 5.69 Å². The molecule has 0 radical (unpaired) electrons. The van der Waals surface area contributed by atoms with Crippen LogP contribution in [0.2, 0.25) is 0 Å². The molecule has 4 rings (SSSR count). The van der Waals surface area contributed by atoms with E-state index in [9.17, 15) is 0 Å². The average Bonchev–Trinajstić information content (AvgIpc) is 2.72. The predicted molar refractivity (Wildman–Crippen MR) is 108 cm³/mol. The van der Waals surface area contributed by atoms with Crippen LogP contribution in [0.4, 0.5) is 0 Å². The lowest BCUT2D eigenvalue weighted by molar-refractivity contribution is 0.611. The molecule has 0 amide bonds. The number of piperidine rings is 1. The summed E-state index contributed by atoms with van der Waals surface area (Å²) in [5, 5.41) is 3.49. The van der Waals surface area contributed by atoms with Crippen LogP contribution in [0.5, 0.6) is 0 Å². The molecule has 0 saturated carbocycles. The van der Waals surface area contributed by atoms with Gasteiger partial charge in [0.2, 0.25) is 0 Å². The van der Waals surface area contributed by atoms with Crippen LogP contribution >= 0.6 is 22.6 Å². The van der Waals surface area contributed by atoms with Crippen LogP contribution in [0.25, 0.3) is 5.57 Å². The van der Waals surface area contributed by atoms with Gasteiger partial charge in [0, 0.05) is 15.3 Å². The second-order valence-electron chi connectivity index (χ2n) is 7.01. The summed E-state index contributed by atoms with van der Waals surface area (Å²) in [5.74, 6) is 0. The largest absolute Gasteiger partial charge is 0.316 e. The third-order valence-electron chi connectivity index (χ3n) is 5.21. The van der Waals surface area contributed by atoms with Crippen molar-refractivity contribution in [2.24, 2.45) is 0 Å². The molecule has 0 unspecified atom stereocenters. The van der Waals surface area contributed by atoms with Crippen LogP contribution in [0.1, 0.15) is 46.4 Å². The number of fused-ring (bicyclic) bond motifs is 2. The van der Waals surface area contributed by atoms with Gasteiger partial charge < -0.3 is 5.32 Å². The molecule has 2 aromatic rings. The van der Waals surface area contributed by atoms with Crippen molar-refractivity contribution in [2.45, 2.75) is 39.5 Å². The Morgan fingerprint density at radius 3 is 2.50 bits per heavy atom. The first-order chi connectivity index (χ1) is 11.6. The smallest absolute Gasteiger partial charge is 0.0740 e. The van der Waals surface area contributed by atoms with Gasteiger partial charge in [-0.3, -0.25) is 4.98 Å². The fourth-order valence-corrected chi connectivity index (χ4v) is 4.73. The number of nitrogens with one attached hydrogen (secondary N) is 1. The Morgan fingerprint density at radius 2 is 1.71 bits per heavy atom. The maximum Gasteiger partial charge on any atom is 0.0740 e. The van der Waals surface area contributed by atoms with Crippen molar-refractivity contribution >= 4 is 28.2 Å². The third-order valence-corrected chi connectivity index (χ3v) is 5.80. The zero-order valence-electron chi connectivity index (χ0n) is 14.4. The minimum atomic E-state index is 1.08. The van der Waals surface area contributed by atoms with Crippen LogP contribution in [0, 0.1) is 17.4 Å². The number of pyridine rings is 1. The van der Waals surface area contributed by atoms with Crippen LogP contribution in [0.3, 0.4) is 0 Å². The number of benzene rings is 1. The highest BCUT2D eigenvalue weighted by Gasteiger charge is 2.25. The molecule has 0 bridgehead atoms. The second kappa shape index (κ2) is 6.60. The number of aromatic nitrogens is 1. The number of aryl methyl sites for hydroxylation is 4. The summed E-state index contributed by atoms with van der Waals surface area (Å²) < 4.78 is 1.24. The molecule has 1 N–H and O–H groups in total. The van der Waals surface area contributed by atoms with E-state index in [-0.39, 0.29) is 0 Å². The first-order valence-corrected chi connectivity index (χ1v) is 9.89. The van der Waals surface area contributed by atoms with Crippen molar-refractivity contribution in [3.8, 4) is 0 Å². The Labute approximate surface area is 157 Å². The van der Waals surface area contributed by atoms with Crippen molar-refractivity contribution in [1.29, 1.82) is 0 Å². The summed E-state index contributed by atoms with van der Waals surface area (Å²) in [7, 11) is 0. The van der Waals surface area contributed by atoms with Crippen molar-refractivity contribution in [2.75, 3.05) is 13.1 Å². The van der Waals surface area contributed by atoms with Gasteiger partial charge in [-0.25, -0.2) is 0 Å². The molecular formula is C21H23IN2. The highest BCUT2D eigenvalue weighted by molar-refractivity contribution is 14.1. The predicted octanol–water partition coefficient (Wildman–Crippen LogP) is 4.59. The molecule has 2 heterocycles. The number of rotatable bonds is 0. The summed E-state index contributed by atoms with van der Waals surface area (Å²) in [5.41, 5.74) is 11.4. The maximum atomic E-state index is 4.91. The van der Waals surface area contributed by atoms with Gasteiger partial charge >= 0.3 is 0 Å². The third kappa shape index (κ3) is 2.93.